The minimum absolute atomic E-state index is 0.440. The Morgan fingerprint density at radius 3 is 3.05 bits per heavy atom. The molecule has 3 rings (SSSR count). The molecule has 1 atom stereocenters. The Hall–Kier alpha value is -1.36. The normalized spacial score (nSPS) is 19.9. The SMILES string of the molecule is CSc1ccc2ncnc(N3CCCC(F)C3)c2c1. The molecule has 1 aromatic carbocycles. The second-order valence-electron chi connectivity index (χ2n) is 4.77. The molecule has 0 amide bonds. The minimum atomic E-state index is -0.748. The summed E-state index contributed by atoms with van der Waals surface area (Å²) < 4.78 is 13.6. The molecular formula is C14H16FN3S. The van der Waals surface area contributed by atoms with Crippen LogP contribution >= 0.6 is 11.8 Å². The molecule has 2 heterocycles. The van der Waals surface area contributed by atoms with Gasteiger partial charge in [-0.2, -0.15) is 0 Å². The van der Waals surface area contributed by atoms with Crippen LogP contribution in [0.5, 0.6) is 0 Å². The summed E-state index contributed by atoms with van der Waals surface area (Å²) >= 11 is 1.69. The number of alkyl halides is 1. The molecule has 0 aliphatic carbocycles. The van der Waals surface area contributed by atoms with Crippen molar-refractivity contribution in [1.82, 2.24) is 9.97 Å². The lowest BCUT2D eigenvalue weighted by molar-refractivity contribution is 0.286. The van der Waals surface area contributed by atoms with Crippen LogP contribution in [0.25, 0.3) is 10.9 Å². The number of hydrogen-bond donors (Lipinski definition) is 0. The molecule has 100 valence electrons. The lowest BCUT2D eigenvalue weighted by Crippen LogP contribution is -2.37. The van der Waals surface area contributed by atoms with Crippen LogP contribution in [0.4, 0.5) is 10.2 Å². The lowest BCUT2D eigenvalue weighted by atomic mass is 10.1. The van der Waals surface area contributed by atoms with Gasteiger partial charge in [0, 0.05) is 16.8 Å². The summed E-state index contributed by atoms with van der Waals surface area (Å²) in [6.45, 7) is 1.31. The molecule has 1 fully saturated rings. The van der Waals surface area contributed by atoms with E-state index in [9.17, 15) is 4.39 Å². The molecule has 5 heteroatoms. The third kappa shape index (κ3) is 2.52. The highest BCUT2D eigenvalue weighted by Crippen LogP contribution is 2.29. The summed E-state index contributed by atoms with van der Waals surface area (Å²) in [6.07, 6.45) is 4.41. The van der Waals surface area contributed by atoms with E-state index in [1.807, 2.05) is 17.2 Å². The molecule has 2 aromatic rings. The topological polar surface area (TPSA) is 29.0 Å². The lowest BCUT2D eigenvalue weighted by Gasteiger charge is -2.30. The van der Waals surface area contributed by atoms with E-state index in [0.29, 0.717) is 13.0 Å². The standard InChI is InChI=1S/C14H16FN3S/c1-19-11-4-5-13-12(7-11)14(17-9-16-13)18-6-2-3-10(15)8-18/h4-5,7,9-10H,2-3,6,8H2,1H3. The monoisotopic (exact) mass is 277 g/mol. The van der Waals surface area contributed by atoms with Crippen LogP contribution < -0.4 is 4.90 Å². The number of benzene rings is 1. The molecule has 19 heavy (non-hydrogen) atoms. The van der Waals surface area contributed by atoms with Crippen molar-refractivity contribution in [2.45, 2.75) is 23.9 Å². The third-order valence-electron chi connectivity index (χ3n) is 3.48. The van der Waals surface area contributed by atoms with Gasteiger partial charge in [-0.05, 0) is 37.3 Å². The van der Waals surface area contributed by atoms with E-state index in [1.54, 1.807) is 18.1 Å². The quantitative estimate of drug-likeness (QED) is 0.788. The van der Waals surface area contributed by atoms with E-state index in [2.05, 4.69) is 22.1 Å². The van der Waals surface area contributed by atoms with Crippen molar-refractivity contribution in [3.63, 3.8) is 0 Å². The number of aromatic nitrogens is 2. The Balaban J connectivity index is 2.06. The molecule has 0 N–H and O–H groups in total. The number of halogens is 1. The minimum Gasteiger partial charge on any atom is -0.353 e. The van der Waals surface area contributed by atoms with Gasteiger partial charge in [0.05, 0.1) is 12.1 Å². The maximum absolute atomic E-state index is 13.6. The summed E-state index contributed by atoms with van der Waals surface area (Å²) in [4.78, 5) is 11.9. The van der Waals surface area contributed by atoms with Gasteiger partial charge in [-0.1, -0.05) is 0 Å². The fourth-order valence-corrected chi connectivity index (χ4v) is 2.96. The second-order valence-corrected chi connectivity index (χ2v) is 5.65. The van der Waals surface area contributed by atoms with Gasteiger partial charge in [0.25, 0.3) is 0 Å². The first-order valence-electron chi connectivity index (χ1n) is 6.45. The van der Waals surface area contributed by atoms with Gasteiger partial charge in [0.1, 0.15) is 18.3 Å². The van der Waals surface area contributed by atoms with Crippen molar-refractivity contribution in [1.29, 1.82) is 0 Å². The predicted molar refractivity (Wildman–Crippen MR) is 77.7 cm³/mol. The fourth-order valence-electron chi connectivity index (χ4n) is 2.52. The molecule has 1 aliphatic heterocycles. The number of hydrogen-bond acceptors (Lipinski definition) is 4. The summed E-state index contributed by atoms with van der Waals surface area (Å²) in [7, 11) is 0. The van der Waals surface area contributed by atoms with Crippen molar-refractivity contribution in [2.75, 3.05) is 24.2 Å². The largest absolute Gasteiger partial charge is 0.353 e. The molecule has 1 aromatic heterocycles. The van der Waals surface area contributed by atoms with Crippen LogP contribution in [0.3, 0.4) is 0 Å². The first-order valence-corrected chi connectivity index (χ1v) is 7.68. The van der Waals surface area contributed by atoms with E-state index < -0.39 is 6.17 Å². The smallest absolute Gasteiger partial charge is 0.140 e. The molecular weight excluding hydrogens is 261 g/mol. The zero-order valence-electron chi connectivity index (χ0n) is 10.8. The molecule has 1 saturated heterocycles. The predicted octanol–water partition coefficient (Wildman–Crippen LogP) is 3.29. The van der Waals surface area contributed by atoms with Gasteiger partial charge < -0.3 is 4.90 Å². The molecule has 0 radical (unpaired) electrons. The Morgan fingerprint density at radius 1 is 1.37 bits per heavy atom. The number of anilines is 1. The maximum atomic E-state index is 13.6. The van der Waals surface area contributed by atoms with Crippen molar-refractivity contribution < 1.29 is 4.39 Å². The molecule has 3 nitrogen and oxygen atoms in total. The fraction of sp³-hybridized carbons (Fsp3) is 0.429. The third-order valence-corrected chi connectivity index (χ3v) is 4.21. The summed E-state index contributed by atoms with van der Waals surface area (Å²) in [5, 5.41) is 1.02. The van der Waals surface area contributed by atoms with Crippen molar-refractivity contribution >= 4 is 28.5 Å². The highest BCUT2D eigenvalue weighted by molar-refractivity contribution is 7.98. The summed E-state index contributed by atoms with van der Waals surface area (Å²) in [5.74, 6) is 0.864. The van der Waals surface area contributed by atoms with E-state index in [0.717, 1.165) is 29.7 Å². The molecule has 0 saturated carbocycles. The van der Waals surface area contributed by atoms with Crippen LogP contribution in [-0.2, 0) is 0 Å². The Labute approximate surface area is 116 Å². The molecule has 0 spiro atoms. The van der Waals surface area contributed by atoms with Crippen LogP contribution in [0.15, 0.2) is 29.4 Å². The van der Waals surface area contributed by atoms with Crippen LogP contribution in [0.2, 0.25) is 0 Å². The average molecular weight is 277 g/mol. The van der Waals surface area contributed by atoms with Crippen LogP contribution in [-0.4, -0.2) is 35.5 Å². The van der Waals surface area contributed by atoms with Gasteiger partial charge in [0.2, 0.25) is 0 Å². The first kappa shape index (κ1) is 12.7. The number of piperidine rings is 1. The van der Waals surface area contributed by atoms with E-state index in [-0.39, 0.29) is 0 Å². The molecule has 0 bridgehead atoms. The Bertz CT molecular complexity index is 590. The second kappa shape index (κ2) is 5.33. The van der Waals surface area contributed by atoms with Gasteiger partial charge in [-0.15, -0.1) is 11.8 Å². The van der Waals surface area contributed by atoms with Crippen molar-refractivity contribution in [2.24, 2.45) is 0 Å². The zero-order chi connectivity index (χ0) is 13.2. The van der Waals surface area contributed by atoms with Crippen LogP contribution in [0, 0.1) is 0 Å². The number of thioether (sulfide) groups is 1. The van der Waals surface area contributed by atoms with Gasteiger partial charge in [-0.3, -0.25) is 0 Å². The molecule has 1 aliphatic rings. The van der Waals surface area contributed by atoms with Crippen molar-refractivity contribution in [3.05, 3.63) is 24.5 Å². The van der Waals surface area contributed by atoms with E-state index in [4.69, 9.17) is 0 Å². The summed E-state index contributed by atoms with van der Waals surface area (Å²) in [6, 6.07) is 6.15. The maximum Gasteiger partial charge on any atom is 0.140 e. The van der Waals surface area contributed by atoms with Gasteiger partial charge in [-0.25, -0.2) is 14.4 Å². The van der Waals surface area contributed by atoms with Crippen molar-refractivity contribution in [3.8, 4) is 0 Å². The van der Waals surface area contributed by atoms with Gasteiger partial charge in [0.15, 0.2) is 0 Å². The highest BCUT2D eigenvalue weighted by Gasteiger charge is 2.21. The Morgan fingerprint density at radius 2 is 2.26 bits per heavy atom. The molecule has 1 unspecified atom stereocenters. The number of rotatable bonds is 2. The Kier molecular flexibility index (Phi) is 3.55. The number of fused-ring (bicyclic) bond motifs is 1. The zero-order valence-corrected chi connectivity index (χ0v) is 11.7. The highest BCUT2D eigenvalue weighted by atomic mass is 32.2. The van der Waals surface area contributed by atoms with E-state index in [1.165, 1.54) is 4.90 Å². The van der Waals surface area contributed by atoms with E-state index >= 15 is 0 Å². The first-order chi connectivity index (χ1) is 9.28. The average Bonchev–Trinajstić information content (AvgIpc) is 2.46. The van der Waals surface area contributed by atoms with Crippen LogP contribution in [0.1, 0.15) is 12.8 Å². The van der Waals surface area contributed by atoms with Gasteiger partial charge >= 0.3 is 0 Å². The number of nitrogens with zero attached hydrogens (tertiary/aromatic N) is 3. The summed E-state index contributed by atoms with van der Waals surface area (Å²) in [5.41, 5.74) is 0.920.